The number of rotatable bonds is 2. The Morgan fingerprint density at radius 1 is 1.31 bits per heavy atom. The molecular formula is C9H15NO3. The quantitative estimate of drug-likeness (QED) is 0.628. The first-order chi connectivity index (χ1) is 6.03. The number of ether oxygens (including phenoxy) is 1. The Morgan fingerprint density at radius 2 is 1.85 bits per heavy atom. The van der Waals surface area contributed by atoms with Crippen LogP contribution in [0.3, 0.4) is 0 Å². The number of carbonyl (C=O) groups is 2. The van der Waals surface area contributed by atoms with Crippen molar-refractivity contribution in [3.63, 3.8) is 0 Å². The molecule has 0 spiro atoms. The first kappa shape index (κ1) is 10.2. The molecule has 13 heavy (non-hydrogen) atoms. The lowest BCUT2D eigenvalue weighted by atomic mass is 9.92. The van der Waals surface area contributed by atoms with Gasteiger partial charge in [0, 0.05) is 25.7 Å². The third-order valence-electron chi connectivity index (χ3n) is 2.33. The van der Waals surface area contributed by atoms with Gasteiger partial charge in [0.05, 0.1) is 0 Å². The summed E-state index contributed by atoms with van der Waals surface area (Å²) in [6.07, 6.45) is 1.54. The molecule has 4 nitrogen and oxygen atoms in total. The Morgan fingerprint density at radius 3 is 2.31 bits per heavy atom. The fourth-order valence-electron chi connectivity index (χ4n) is 1.31. The number of carbonyl (C=O) groups excluding carboxylic acids is 2. The van der Waals surface area contributed by atoms with Crippen LogP contribution in [0.5, 0.6) is 0 Å². The van der Waals surface area contributed by atoms with E-state index in [1.807, 2.05) is 6.92 Å². The highest BCUT2D eigenvalue weighted by Crippen LogP contribution is 2.19. The van der Waals surface area contributed by atoms with E-state index in [4.69, 9.17) is 4.74 Å². The lowest BCUT2D eigenvalue weighted by Gasteiger charge is -2.33. The van der Waals surface area contributed by atoms with Crippen LogP contribution in [-0.4, -0.2) is 30.4 Å². The first-order valence-electron chi connectivity index (χ1n) is 4.44. The maximum atomic E-state index is 11.1. The van der Waals surface area contributed by atoms with Crippen molar-refractivity contribution < 1.29 is 14.3 Å². The minimum atomic E-state index is -0.496. The molecule has 1 N–H and O–H groups in total. The Hall–Kier alpha value is -0.900. The average Bonchev–Trinajstić information content (AvgIpc) is 2.04. The summed E-state index contributed by atoms with van der Waals surface area (Å²) in [7, 11) is 0. The zero-order valence-corrected chi connectivity index (χ0v) is 8.05. The van der Waals surface area contributed by atoms with E-state index >= 15 is 0 Å². The third kappa shape index (κ3) is 2.81. The minimum absolute atomic E-state index is 0.263. The molecule has 0 unspecified atom stereocenters. The molecule has 4 heteroatoms. The van der Waals surface area contributed by atoms with Crippen molar-refractivity contribution in [2.75, 3.05) is 13.2 Å². The van der Waals surface area contributed by atoms with Crippen LogP contribution in [0.25, 0.3) is 0 Å². The molecule has 0 saturated carbocycles. The van der Waals surface area contributed by atoms with Gasteiger partial charge in [-0.25, -0.2) is 0 Å². The molecule has 0 aromatic rings. The van der Waals surface area contributed by atoms with Gasteiger partial charge in [0.15, 0.2) is 0 Å². The second kappa shape index (κ2) is 3.87. The number of hydrogen-bond donors (Lipinski definition) is 1. The normalized spacial score (nSPS) is 20.8. The van der Waals surface area contributed by atoms with Gasteiger partial charge in [-0.15, -0.1) is 0 Å². The summed E-state index contributed by atoms with van der Waals surface area (Å²) in [5.74, 6) is -0.933. The van der Waals surface area contributed by atoms with Gasteiger partial charge in [0.1, 0.15) is 0 Å². The Balaban J connectivity index is 2.50. The van der Waals surface area contributed by atoms with Crippen molar-refractivity contribution >= 4 is 11.7 Å². The summed E-state index contributed by atoms with van der Waals surface area (Å²) in [6, 6.07) is 0. The van der Waals surface area contributed by atoms with Crippen LogP contribution in [0.4, 0.5) is 0 Å². The van der Waals surface area contributed by atoms with Crippen molar-refractivity contribution in [2.45, 2.75) is 32.2 Å². The van der Waals surface area contributed by atoms with E-state index in [9.17, 15) is 9.59 Å². The second-order valence-corrected chi connectivity index (χ2v) is 3.68. The Kier molecular flexibility index (Phi) is 3.03. The predicted molar refractivity (Wildman–Crippen MR) is 47.3 cm³/mol. The molecule has 1 heterocycles. The van der Waals surface area contributed by atoms with Crippen LogP contribution in [0, 0.1) is 0 Å². The number of nitrogens with one attached hydrogen (secondary N) is 1. The Bertz CT molecular complexity index is 219. The molecule has 0 aromatic heterocycles. The van der Waals surface area contributed by atoms with Gasteiger partial charge in [-0.05, 0) is 19.8 Å². The second-order valence-electron chi connectivity index (χ2n) is 3.68. The standard InChI is InChI=1S/C9H15NO3/c1-7(11)8(12)10-9(2)3-5-13-6-4-9/h3-6H2,1-2H3,(H,10,12). The summed E-state index contributed by atoms with van der Waals surface area (Å²) < 4.78 is 5.17. The smallest absolute Gasteiger partial charge is 0.287 e. The zero-order chi connectivity index (χ0) is 9.90. The maximum absolute atomic E-state index is 11.1. The van der Waals surface area contributed by atoms with E-state index in [1.165, 1.54) is 6.92 Å². The van der Waals surface area contributed by atoms with Crippen molar-refractivity contribution in [3.05, 3.63) is 0 Å². The van der Waals surface area contributed by atoms with Crippen molar-refractivity contribution in [1.82, 2.24) is 5.32 Å². The van der Waals surface area contributed by atoms with Gasteiger partial charge in [-0.1, -0.05) is 0 Å². The minimum Gasteiger partial charge on any atom is -0.381 e. The van der Waals surface area contributed by atoms with Crippen LogP contribution in [-0.2, 0) is 14.3 Å². The molecule has 1 rings (SSSR count). The largest absolute Gasteiger partial charge is 0.381 e. The summed E-state index contributed by atoms with van der Waals surface area (Å²) in [6.45, 7) is 4.51. The molecule has 1 aliphatic rings. The van der Waals surface area contributed by atoms with E-state index in [-0.39, 0.29) is 5.54 Å². The van der Waals surface area contributed by atoms with Gasteiger partial charge in [-0.3, -0.25) is 9.59 Å². The van der Waals surface area contributed by atoms with E-state index in [2.05, 4.69) is 5.32 Å². The molecule has 0 atom stereocenters. The summed E-state index contributed by atoms with van der Waals surface area (Å²) in [5, 5.41) is 2.73. The summed E-state index contributed by atoms with van der Waals surface area (Å²) in [4.78, 5) is 21.8. The average molecular weight is 185 g/mol. The van der Waals surface area contributed by atoms with Crippen LogP contribution >= 0.6 is 0 Å². The summed E-state index contributed by atoms with van der Waals surface area (Å²) >= 11 is 0. The van der Waals surface area contributed by atoms with Crippen molar-refractivity contribution in [3.8, 4) is 0 Å². The van der Waals surface area contributed by atoms with Crippen molar-refractivity contribution in [1.29, 1.82) is 0 Å². The molecule has 1 aliphatic heterocycles. The number of Topliss-reactive ketones (excluding diaryl/α,β-unsaturated/α-hetero) is 1. The highest BCUT2D eigenvalue weighted by atomic mass is 16.5. The fourth-order valence-corrected chi connectivity index (χ4v) is 1.31. The first-order valence-corrected chi connectivity index (χ1v) is 4.44. The lowest BCUT2D eigenvalue weighted by Crippen LogP contribution is -2.51. The van der Waals surface area contributed by atoms with Crippen LogP contribution in [0.15, 0.2) is 0 Å². The molecule has 0 radical (unpaired) electrons. The van der Waals surface area contributed by atoms with E-state index in [1.54, 1.807) is 0 Å². The monoisotopic (exact) mass is 185 g/mol. The molecule has 0 bridgehead atoms. The zero-order valence-electron chi connectivity index (χ0n) is 8.05. The molecule has 1 amide bonds. The van der Waals surface area contributed by atoms with E-state index in [0.717, 1.165) is 12.8 Å². The van der Waals surface area contributed by atoms with Gasteiger partial charge in [-0.2, -0.15) is 0 Å². The molecular weight excluding hydrogens is 170 g/mol. The van der Waals surface area contributed by atoms with Crippen LogP contribution in [0.2, 0.25) is 0 Å². The highest BCUT2D eigenvalue weighted by molar-refractivity contribution is 6.35. The summed E-state index contributed by atoms with van der Waals surface area (Å²) in [5.41, 5.74) is -0.263. The number of amides is 1. The topological polar surface area (TPSA) is 55.4 Å². The van der Waals surface area contributed by atoms with Gasteiger partial charge < -0.3 is 10.1 Å². The van der Waals surface area contributed by atoms with E-state index in [0.29, 0.717) is 13.2 Å². The number of ketones is 1. The van der Waals surface area contributed by atoms with Gasteiger partial charge in [0.2, 0.25) is 5.78 Å². The highest BCUT2D eigenvalue weighted by Gasteiger charge is 2.29. The fraction of sp³-hybridized carbons (Fsp3) is 0.778. The lowest BCUT2D eigenvalue weighted by molar-refractivity contribution is -0.138. The van der Waals surface area contributed by atoms with Crippen LogP contribution in [0.1, 0.15) is 26.7 Å². The Labute approximate surface area is 77.6 Å². The molecule has 0 aromatic carbocycles. The third-order valence-corrected chi connectivity index (χ3v) is 2.33. The van der Waals surface area contributed by atoms with Gasteiger partial charge in [0.25, 0.3) is 5.91 Å². The molecule has 1 saturated heterocycles. The van der Waals surface area contributed by atoms with Gasteiger partial charge >= 0.3 is 0 Å². The molecule has 0 aliphatic carbocycles. The number of hydrogen-bond acceptors (Lipinski definition) is 3. The molecule has 74 valence electrons. The predicted octanol–water partition coefficient (Wildman–Crippen LogP) is 0.261. The molecule has 1 fully saturated rings. The van der Waals surface area contributed by atoms with Crippen molar-refractivity contribution in [2.24, 2.45) is 0 Å². The van der Waals surface area contributed by atoms with E-state index < -0.39 is 11.7 Å². The van der Waals surface area contributed by atoms with Crippen LogP contribution < -0.4 is 5.32 Å². The SMILES string of the molecule is CC(=O)C(=O)NC1(C)CCOCC1. The maximum Gasteiger partial charge on any atom is 0.287 e.